The van der Waals surface area contributed by atoms with Crippen LogP contribution in [0, 0.1) is 16.6 Å². The van der Waals surface area contributed by atoms with Gasteiger partial charge in [-0.05, 0) is 87.6 Å². The molecule has 2 heterocycles. The number of hydrogen-bond acceptors (Lipinski definition) is 8. The van der Waals surface area contributed by atoms with Gasteiger partial charge in [0.15, 0.2) is 15.7 Å². The highest BCUT2D eigenvalue weighted by Gasteiger charge is 2.54. The summed E-state index contributed by atoms with van der Waals surface area (Å²) in [5, 5.41) is 3.12. The highest BCUT2D eigenvalue weighted by molar-refractivity contribution is 7.91. The Morgan fingerprint density at radius 1 is 1.13 bits per heavy atom. The van der Waals surface area contributed by atoms with Crippen molar-refractivity contribution >= 4 is 33.2 Å². The molecule has 2 amide bonds. The summed E-state index contributed by atoms with van der Waals surface area (Å²) >= 11 is 0. The zero-order chi connectivity index (χ0) is 33.9. The number of rotatable bonds is 7. The number of carbonyl (C=O) groups is 2. The van der Waals surface area contributed by atoms with E-state index in [2.05, 4.69) is 26.1 Å². The number of aliphatic imine (C=N–C) groups is 1. The van der Waals surface area contributed by atoms with E-state index in [1.165, 1.54) is 11.0 Å². The number of ether oxygens (including phenoxy) is 2. The fourth-order valence-corrected chi connectivity index (χ4v) is 8.86. The molecular weight excluding hydrogens is 623 g/mol. The number of nitrogens with one attached hydrogen (secondary N) is 1. The lowest BCUT2D eigenvalue weighted by molar-refractivity contribution is -0.119. The molecule has 2 aromatic rings. The number of carbonyl (C=O) groups excluding carboxylic acids is 2. The number of halogens is 1. The van der Waals surface area contributed by atoms with Gasteiger partial charge in [-0.2, -0.15) is 0 Å². The molecule has 2 aromatic carbocycles. The fraction of sp³-hybridized carbons (Fsp3) is 0.571. The standard InChI is InChI=1S/C35H45FN4O6S/c1-21(2)46-23-8-6-22(7-9-23)18-40-27-16-24(25(36)17-28(27)47(43,44)20-26(37)31(40)42)30(41)39-35-13-10-34(11-14-35,12-15-35)32-38-29(19-45-32)33(3,4)5/h6-9,16-17,21,26,29H,10-15,18-20,37H2,1-5H3,(H,39,41)/t26-,29+,34?,35?/m0/s1. The van der Waals surface area contributed by atoms with Crippen LogP contribution >= 0.6 is 0 Å². The first-order chi connectivity index (χ1) is 22.0. The van der Waals surface area contributed by atoms with Crippen molar-refractivity contribution < 1.29 is 31.9 Å². The highest BCUT2D eigenvalue weighted by atomic mass is 32.2. The van der Waals surface area contributed by atoms with Gasteiger partial charge in [-0.3, -0.25) is 9.59 Å². The van der Waals surface area contributed by atoms with Gasteiger partial charge in [0.05, 0.1) is 46.6 Å². The third kappa shape index (κ3) is 6.38. The van der Waals surface area contributed by atoms with E-state index in [0.29, 0.717) is 37.2 Å². The van der Waals surface area contributed by atoms with Crippen molar-refractivity contribution in [3.8, 4) is 5.75 Å². The zero-order valence-electron chi connectivity index (χ0n) is 27.8. The first-order valence-electron chi connectivity index (χ1n) is 16.4. The number of anilines is 1. The molecule has 2 aliphatic heterocycles. The van der Waals surface area contributed by atoms with Gasteiger partial charge in [0, 0.05) is 11.0 Å². The van der Waals surface area contributed by atoms with Crippen LogP contribution in [0.15, 0.2) is 46.3 Å². The van der Waals surface area contributed by atoms with Crippen LogP contribution in [-0.4, -0.2) is 62.2 Å². The van der Waals surface area contributed by atoms with Crippen molar-refractivity contribution in [1.29, 1.82) is 0 Å². The third-order valence-electron chi connectivity index (χ3n) is 10.3. The van der Waals surface area contributed by atoms with Crippen molar-refractivity contribution in [3.63, 3.8) is 0 Å². The lowest BCUT2D eigenvalue weighted by Gasteiger charge is -2.52. The molecule has 0 aromatic heterocycles. The van der Waals surface area contributed by atoms with Gasteiger partial charge in [0.2, 0.25) is 5.91 Å². The highest BCUT2D eigenvalue weighted by Crippen LogP contribution is 2.54. The van der Waals surface area contributed by atoms with Crippen LogP contribution in [-0.2, 0) is 25.9 Å². The first-order valence-corrected chi connectivity index (χ1v) is 18.1. The van der Waals surface area contributed by atoms with Gasteiger partial charge in [-0.15, -0.1) is 0 Å². The minimum absolute atomic E-state index is 0.00898. The number of fused-ring (bicyclic) bond motifs is 4. The summed E-state index contributed by atoms with van der Waals surface area (Å²) in [7, 11) is -4.14. The Bertz CT molecular complexity index is 1690. The molecule has 0 spiro atoms. The van der Waals surface area contributed by atoms with Crippen LogP contribution in [0.5, 0.6) is 5.75 Å². The molecule has 47 heavy (non-hydrogen) atoms. The lowest BCUT2D eigenvalue weighted by atomic mass is 9.57. The van der Waals surface area contributed by atoms with Crippen LogP contribution in [0.25, 0.3) is 0 Å². The van der Waals surface area contributed by atoms with Crippen LogP contribution in [0.1, 0.15) is 89.1 Å². The Balaban J connectivity index is 1.26. The Labute approximate surface area is 276 Å². The maximum absolute atomic E-state index is 15.7. The largest absolute Gasteiger partial charge is 0.491 e. The molecule has 2 bridgehead atoms. The smallest absolute Gasteiger partial charge is 0.254 e. The minimum atomic E-state index is -4.14. The fourth-order valence-electron chi connectivity index (χ4n) is 7.29. The van der Waals surface area contributed by atoms with E-state index in [0.717, 1.165) is 31.2 Å². The molecule has 0 unspecified atom stereocenters. The molecular formula is C35H45FN4O6S. The van der Waals surface area contributed by atoms with Crippen molar-refractivity contribution in [2.75, 3.05) is 17.3 Å². The maximum atomic E-state index is 15.7. The van der Waals surface area contributed by atoms with Crippen molar-refractivity contribution in [2.24, 2.45) is 21.6 Å². The van der Waals surface area contributed by atoms with E-state index in [9.17, 15) is 18.0 Å². The number of amides is 2. The molecule has 5 aliphatic rings. The van der Waals surface area contributed by atoms with E-state index in [1.54, 1.807) is 24.3 Å². The summed E-state index contributed by atoms with van der Waals surface area (Å²) < 4.78 is 54.1. The monoisotopic (exact) mass is 668 g/mol. The molecule has 7 rings (SSSR count). The molecule has 0 saturated heterocycles. The minimum Gasteiger partial charge on any atom is -0.491 e. The molecule has 3 saturated carbocycles. The topological polar surface area (TPSA) is 140 Å². The zero-order valence-corrected chi connectivity index (χ0v) is 28.6. The van der Waals surface area contributed by atoms with Gasteiger partial charge < -0.3 is 25.4 Å². The molecule has 2 atom stereocenters. The summed E-state index contributed by atoms with van der Waals surface area (Å²) in [4.78, 5) is 33.1. The SMILES string of the molecule is CC(C)Oc1ccc(CN2C(=O)[C@@H](N)CS(=O)(=O)c3cc(F)c(C(=O)NC45CCC(C6=N[C@@H](C(C)(C)C)CO6)(CC4)CC5)cc32)cc1. The van der Waals surface area contributed by atoms with E-state index < -0.39 is 44.8 Å². The first kappa shape index (κ1) is 33.4. The van der Waals surface area contributed by atoms with Crippen molar-refractivity contribution in [1.82, 2.24) is 5.32 Å². The predicted molar refractivity (Wildman–Crippen MR) is 177 cm³/mol. The molecule has 12 heteroatoms. The summed E-state index contributed by atoms with van der Waals surface area (Å²) in [5.74, 6) is -1.44. The average molecular weight is 669 g/mol. The van der Waals surface area contributed by atoms with Gasteiger partial charge in [-0.1, -0.05) is 32.9 Å². The van der Waals surface area contributed by atoms with Crippen LogP contribution in [0.3, 0.4) is 0 Å². The third-order valence-corrected chi connectivity index (χ3v) is 12.1. The Morgan fingerprint density at radius 2 is 1.77 bits per heavy atom. The molecule has 3 fully saturated rings. The van der Waals surface area contributed by atoms with E-state index in [-0.39, 0.29) is 45.7 Å². The molecule has 0 radical (unpaired) electrons. The van der Waals surface area contributed by atoms with E-state index >= 15 is 4.39 Å². The average Bonchev–Trinajstić information content (AvgIpc) is 3.51. The van der Waals surface area contributed by atoms with E-state index in [1.807, 2.05) is 13.8 Å². The second kappa shape index (κ2) is 11.9. The van der Waals surface area contributed by atoms with Crippen LogP contribution in [0.2, 0.25) is 0 Å². The molecule has 10 nitrogen and oxygen atoms in total. The van der Waals surface area contributed by atoms with Gasteiger partial charge in [0.1, 0.15) is 18.2 Å². The maximum Gasteiger partial charge on any atom is 0.254 e. The van der Waals surface area contributed by atoms with Crippen LogP contribution in [0.4, 0.5) is 10.1 Å². The molecule has 3 N–H and O–H groups in total. The Hall–Kier alpha value is -3.51. The second-order valence-electron chi connectivity index (χ2n) is 15.1. The van der Waals surface area contributed by atoms with Crippen molar-refractivity contribution in [2.45, 2.75) is 108 Å². The lowest BCUT2D eigenvalue weighted by Crippen LogP contribution is -2.58. The normalized spacial score (nSPS) is 28.4. The van der Waals surface area contributed by atoms with Crippen LogP contribution < -0.4 is 20.7 Å². The number of sulfone groups is 1. The molecule has 254 valence electrons. The quantitative estimate of drug-likeness (QED) is 0.427. The van der Waals surface area contributed by atoms with E-state index in [4.69, 9.17) is 20.2 Å². The van der Waals surface area contributed by atoms with Gasteiger partial charge >= 0.3 is 0 Å². The number of nitrogens with two attached hydrogens (primary N) is 1. The van der Waals surface area contributed by atoms with Gasteiger partial charge in [-0.25, -0.2) is 17.8 Å². The van der Waals surface area contributed by atoms with Gasteiger partial charge in [0.25, 0.3) is 5.91 Å². The Morgan fingerprint density at radius 3 is 2.34 bits per heavy atom. The second-order valence-corrected chi connectivity index (χ2v) is 17.1. The summed E-state index contributed by atoms with van der Waals surface area (Å²) in [6.45, 7) is 10.9. The Kier molecular flexibility index (Phi) is 8.44. The van der Waals surface area contributed by atoms with Crippen molar-refractivity contribution in [3.05, 3.63) is 53.3 Å². The number of nitrogens with zero attached hydrogens (tertiary/aromatic N) is 2. The number of hydrogen-bond donors (Lipinski definition) is 2. The number of benzene rings is 2. The molecule has 3 aliphatic carbocycles. The summed E-state index contributed by atoms with van der Waals surface area (Å²) in [6.07, 6.45) is 4.46. The summed E-state index contributed by atoms with van der Waals surface area (Å²) in [5.41, 5.74) is 5.70. The predicted octanol–water partition coefficient (Wildman–Crippen LogP) is 4.93. The summed E-state index contributed by atoms with van der Waals surface area (Å²) in [6, 6.07) is 7.84.